The van der Waals surface area contributed by atoms with E-state index in [-0.39, 0.29) is 11.3 Å². The van der Waals surface area contributed by atoms with E-state index in [0.717, 1.165) is 43.1 Å². The normalized spacial score (nSPS) is 14.4. The number of piperazine rings is 1. The van der Waals surface area contributed by atoms with Crippen LogP contribution in [0.4, 0.5) is 11.4 Å². The van der Waals surface area contributed by atoms with Gasteiger partial charge in [-0.25, -0.2) is 9.78 Å². The molecule has 1 aliphatic heterocycles. The Balaban J connectivity index is 1.65. The Morgan fingerprint density at radius 1 is 1.06 bits per heavy atom. The standard InChI is InChI=1S/C26H25N5O4/c1-16-3-4-18(14-22(16)31(34)35)23-21-13-19(26(32)33)15-27-25(21)28-24(23)17-5-7-20(8-6-17)30-11-9-29(2)10-12-30/h3-8,13-15H,9-12H2,1-2H3,(H,27,28)(H,32,33). The van der Waals surface area contributed by atoms with E-state index in [2.05, 4.69) is 38.9 Å². The van der Waals surface area contributed by atoms with Gasteiger partial charge < -0.3 is 19.9 Å². The van der Waals surface area contributed by atoms with Crippen LogP contribution in [0.5, 0.6) is 0 Å². The molecular weight excluding hydrogens is 446 g/mol. The summed E-state index contributed by atoms with van der Waals surface area (Å²) in [5.41, 5.74) is 5.20. The molecule has 0 spiro atoms. The predicted molar refractivity (Wildman–Crippen MR) is 135 cm³/mol. The Hall–Kier alpha value is -4.24. The summed E-state index contributed by atoms with van der Waals surface area (Å²) >= 11 is 0. The van der Waals surface area contributed by atoms with Crippen molar-refractivity contribution < 1.29 is 14.8 Å². The van der Waals surface area contributed by atoms with Crippen molar-refractivity contribution in [1.29, 1.82) is 0 Å². The Morgan fingerprint density at radius 3 is 2.40 bits per heavy atom. The van der Waals surface area contributed by atoms with Gasteiger partial charge in [-0.2, -0.15) is 0 Å². The fourth-order valence-electron chi connectivity index (χ4n) is 4.57. The van der Waals surface area contributed by atoms with Crippen molar-refractivity contribution in [3.05, 3.63) is 76.0 Å². The molecule has 1 aliphatic rings. The number of pyridine rings is 1. The van der Waals surface area contributed by atoms with E-state index < -0.39 is 10.9 Å². The van der Waals surface area contributed by atoms with Gasteiger partial charge in [-0.15, -0.1) is 0 Å². The number of benzene rings is 2. The zero-order valence-electron chi connectivity index (χ0n) is 19.5. The maximum absolute atomic E-state index is 11.6. The summed E-state index contributed by atoms with van der Waals surface area (Å²) in [5, 5.41) is 21.7. The number of fused-ring (bicyclic) bond motifs is 1. The van der Waals surface area contributed by atoms with Crippen molar-refractivity contribution in [3.63, 3.8) is 0 Å². The lowest BCUT2D eigenvalue weighted by Gasteiger charge is -2.34. The number of nitrogens with zero attached hydrogens (tertiary/aromatic N) is 4. The fourth-order valence-corrected chi connectivity index (χ4v) is 4.57. The maximum Gasteiger partial charge on any atom is 0.337 e. The number of aryl methyl sites for hydroxylation is 1. The quantitative estimate of drug-likeness (QED) is 0.324. The Morgan fingerprint density at radius 2 is 1.74 bits per heavy atom. The molecule has 2 aromatic carbocycles. The van der Waals surface area contributed by atoms with E-state index in [1.807, 2.05) is 18.2 Å². The number of anilines is 1. The third kappa shape index (κ3) is 4.22. The topological polar surface area (TPSA) is 116 Å². The second-order valence-electron chi connectivity index (χ2n) is 8.90. The number of likely N-dealkylation sites (N-methyl/N-ethyl adjacent to an activating group) is 1. The number of hydrogen-bond acceptors (Lipinski definition) is 6. The van der Waals surface area contributed by atoms with Crippen LogP contribution in [0.15, 0.2) is 54.7 Å². The summed E-state index contributed by atoms with van der Waals surface area (Å²) in [6.45, 7) is 5.64. The van der Waals surface area contributed by atoms with Gasteiger partial charge in [0, 0.05) is 60.6 Å². The highest BCUT2D eigenvalue weighted by Crippen LogP contribution is 2.40. The zero-order valence-corrected chi connectivity index (χ0v) is 19.5. The molecule has 0 aliphatic carbocycles. The molecule has 0 atom stereocenters. The highest BCUT2D eigenvalue weighted by Gasteiger charge is 2.21. The second kappa shape index (κ2) is 8.84. The molecule has 0 unspecified atom stereocenters. The third-order valence-corrected chi connectivity index (χ3v) is 6.62. The minimum absolute atomic E-state index is 0.00978. The van der Waals surface area contributed by atoms with Crippen LogP contribution in [0.3, 0.4) is 0 Å². The second-order valence-corrected chi connectivity index (χ2v) is 8.90. The number of rotatable bonds is 5. The average molecular weight is 472 g/mol. The highest BCUT2D eigenvalue weighted by molar-refractivity contribution is 6.05. The lowest BCUT2D eigenvalue weighted by Crippen LogP contribution is -2.44. The molecule has 35 heavy (non-hydrogen) atoms. The SMILES string of the molecule is Cc1ccc(-c2c(-c3ccc(N4CCN(C)CC4)cc3)[nH]c3ncc(C(=O)O)cc23)cc1[N+](=O)[O-]. The lowest BCUT2D eigenvalue weighted by molar-refractivity contribution is -0.385. The van der Waals surface area contributed by atoms with Gasteiger partial charge in [-0.1, -0.05) is 24.3 Å². The summed E-state index contributed by atoms with van der Waals surface area (Å²) in [4.78, 5) is 35.1. The van der Waals surface area contributed by atoms with E-state index in [4.69, 9.17) is 0 Å². The molecule has 5 rings (SSSR count). The largest absolute Gasteiger partial charge is 0.478 e. The maximum atomic E-state index is 11.6. The van der Waals surface area contributed by atoms with Gasteiger partial charge >= 0.3 is 5.97 Å². The molecule has 0 radical (unpaired) electrons. The molecule has 0 bridgehead atoms. The summed E-state index contributed by atoms with van der Waals surface area (Å²) in [6.07, 6.45) is 1.31. The number of nitro benzene ring substituents is 1. The summed E-state index contributed by atoms with van der Waals surface area (Å²) < 4.78 is 0. The molecule has 0 amide bonds. The van der Waals surface area contributed by atoms with Crippen molar-refractivity contribution in [2.45, 2.75) is 6.92 Å². The lowest BCUT2D eigenvalue weighted by atomic mass is 9.96. The van der Waals surface area contributed by atoms with Gasteiger partial charge in [-0.3, -0.25) is 10.1 Å². The number of hydrogen-bond donors (Lipinski definition) is 2. The van der Waals surface area contributed by atoms with Crippen LogP contribution in [0.1, 0.15) is 15.9 Å². The van der Waals surface area contributed by atoms with Crippen molar-refractivity contribution in [3.8, 4) is 22.4 Å². The number of carboxylic acid groups (broad SMARTS) is 1. The van der Waals surface area contributed by atoms with Crippen LogP contribution < -0.4 is 4.90 Å². The van der Waals surface area contributed by atoms with Crippen LogP contribution in [-0.2, 0) is 0 Å². The number of H-pyrrole nitrogens is 1. The number of aromatic amines is 1. The van der Waals surface area contributed by atoms with E-state index in [0.29, 0.717) is 27.7 Å². The molecule has 1 saturated heterocycles. The fraction of sp³-hybridized carbons (Fsp3) is 0.231. The predicted octanol–water partition coefficient (Wildman–Crippen LogP) is 4.56. The molecule has 2 N–H and O–H groups in total. The Bertz CT molecular complexity index is 1440. The van der Waals surface area contributed by atoms with Crippen molar-refractivity contribution in [2.24, 2.45) is 0 Å². The van der Waals surface area contributed by atoms with E-state index in [1.165, 1.54) is 12.3 Å². The third-order valence-electron chi connectivity index (χ3n) is 6.62. The number of carbonyl (C=O) groups is 1. The first-order chi connectivity index (χ1) is 16.8. The minimum atomic E-state index is -1.08. The summed E-state index contributed by atoms with van der Waals surface area (Å²) in [6, 6.07) is 14.8. The van der Waals surface area contributed by atoms with Crippen LogP contribution in [0.25, 0.3) is 33.4 Å². The molecule has 3 heterocycles. The number of carboxylic acids is 1. The number of aromatic carboxylic acids is 1. The van der Waals surface area contributed by atoms with Crippen molar-refractivity contribution >= 4 is 28.4 Å². The van der Waals surface area contributed by atoms with Gasteiger partial charge in [0.2, 0.25) is 0 Å². The van der Waals surface area contributed by atoms with E-state index in [1.54, 1.807) is 19.1 Å². The minimum Gasteiger partial charge on any atom is -0.478 e. The van der Waals surface area contributed by atoms with E-state index >= 15 is 0 Å². The molecule has 9 nitrogen and oxygen atoms in total. The Labute approximate surface area is 201 Å². The summed E-state index contributed by atoms with van der Waals surface area (Å²) in [5.74, 6) is -1.08. The summed E-state index contributed by atoms with van der Waals surface area (Å²) in [7, 11) is 2.12. The number of nitrogens with one attached hydrogen (secondary N) is 1. The molecule has 4 aromatic rings. The first kappa shape index (κ1) is 22.5. The van der Waals surface area contributed by atoms with Gasteiger partial charge in [0.25, 0.3) is 5.69 Å². The van der Waals surface area contributed by atoms with E-state index in [9.17, 15) is 20.0 Å². The highest BCUT2D eigenvalue weighted by atomic mass is 16.6. The smallest absolute Gasteiger partial charge is 0.337 e. The molecule has 178 valence electrons. The first-order valence-corrected chi connectivity index (χ1v) is 11.4. The van der Waals surface area contributed by atoms with Gasteiger partial charge in [0.15, 0.2) is 0 Å². The van der Waals surface area contributed by atoms with Crippen molar-refractivity contribution in [1.82, 2.24) is 14.9 Å². The number of nitro groups is 1. The number of aromatic nitrogens is 2. The zero-order chi connectivity index (χ0) is 24.7. The van der Waals surface area contributed by atoms with Crippen molar-refractivity contribution in [2.75, 3.05) is 38.1 Å². The van der Waals surface area contributed by atoms with Crippen LogP contribution in [0.2, 0.25) is 0 Å². The van der Waals surface area contributed by atoms with Crippen LogP contribution in [-0.4, -0.2) is 64.1 Å². The molecule has 2 aromatic heterocycles. The van der Waals surface area contributed by atoms with Gasteiger partial charge in [0.1, 0.15) is 5.65 Å². The molecule has 1 fully saturated rings. The monoisotopic (exact) mass is 471 g/mol. The molecule has 0 saturated carbocycles. The molecule has 9 heteroatoms. The Kier molecular flexibility index (Phi) is 5.70. The average Bonchev–Trinajstić information content (AvgIpc) is 3.23. The first-order valence-electron chi connectivity index (χ1n) is 11.4. The van der Waals surface area contributed by atoms with Crippen LogP contribution in [0, 0.1) is 17.0 Å². The van der Waals surface area contributed by atoms with Crippen LogP contribution >= 0.6 is 0 Å². The van der Waals surface area contributed by atoms with Gasteiger partial charge in [0.05, 0.1) is 16.2 Å². The van der Waals surface area contributed by atoms with Gasteiger partial charge in [-0.05, 0) is 43.3 Å². The molecular formula is C26H25N5O4.